The molecule has 0 fully saturated rings. The van der Waals surface area contributed by atoms with Crippen LogP contribution in [0.2, 0.25) is 0 Å². The van der Waals surface area contributed by atoms with Crippen molar-refractivity contribution in [1.29, 1.82) is 0 Å². The van der Waals surface area contributed by atoms with E-state index in [0.29, 0.717) is 0 Å². The van der Waals surface area contributed by atoms with E-state index in [-0.39, 0.29) is 18.7 Å². The van der Waals surface area contributed by atoms with E-state index < -0.39 is 11.9 Å². The fourth-order valence-electron chi connectivity index (χ4n) is 0.966. The minimum atomic E-state index is -4.47. The highest BCUT2D eigenvalue weighted by molar-refractivity contribution is 5.29. The molecule has 0 bridgehead atoms. The van der Waals surface area contributed by atoms with Gasteiger partial charge in [0.05, 0.1) is 0 Å². The van der Waals surface area contributed by atoms with Crippen LogP contribution in [0.5, 0.6) is 0 Å². The monoisotopic (exact) mass is 240 g/mol. The van der Waals surface area contributed by atoms with E-state index in [1.807, 2.05) is 0 Å². The lowest BCUT2D eigenvalue weighted by atomic mass is 10.3. The molecule has 0 amide bonds. The first-order chi connectivity index (χ1) is 8.04. The van der Waals surface area contributed by atoms with Crippen LogP contribution in [0.4, 0.5) is 13.2 Å². The normalized spacial score (nSPS) is 10.1. The van der Waals surface area contributed by atoms with Crippen molar-refractivity contribution in [3.05, 3.63) is 40.0 Å². The zero-order valence-corrected chi connectivity index (χ0v) is 8.57. The number of azide groups is 1. The summed E-state index contributed by atoms with van der Waals surface area (Å²) in [6.45, 7) is 0.183. The van der Waals surface area contributed by atoms with Gasteiger partial charge in [0.15, 0.2) is 0 Å². The summed E-state index contributed by atoms with van der Waals surface area (Å²) in [5.41, 5.74) is 7.05. The maximum Gasteiger partial charge on any atom is 0.433 e. The number of aromatic nitrogens is 1. The summed E-state index contributed by atoms with van der Waals surface area (Å²) in [4.78, 5) is 5.88. The van der Waals surface area contributed by atoms with Crippen LogP contribution in [0.25, 0.3) is 10.4 Å². The third kappa shape index (κ3) is 4.45. The fraction of sp³-hybridized carbons (Fsp3) is 0.300. The van der Waals surface area contributed by atoms with Crippen LogP contribution in [0.1, 0.15) is 17.8 Å². The van der Waals surface area contributed by atoms with Crippen LogP contribution in [-0.4, -0.2) is 11.5 Å². The molecule has 4 nitrogen and oxygen atoms in total. The Morgan fingerprint density at radius 2 is 2.18 bits per heavy atom. The van der Waals surface area contributed by atoms with Crippen molar-refractivity contribution in [2.75, 3.05) is 6.54 Å². The maximum absolute atomic E-state index is 12.3. The van der Waals surface area contributed by atoms with E-state index in [2.05, 4.69) is 26.9 Å². The van der Waals surface area contributed by atoms with Gasteiger partial charge in [-0.25, -0.2) is 4.98 Å². The summed E-state index contributed by atoms with van der Waals surface area (Å²) >= 11 is 0. The SMILES string of the molecule is [N-]=[N+]=NCCC#Cc1cccc(C(F)(F)F)n1. The van der Waals surface area contributed by atoms with Crippen molar-refractivity contribution in [1.82, 2.24) is 4.98 Å². The van der Waals surface area contributed by atoms with Crippen molar-refractivity contribution in [2.45, 2.75) is 12.6 Å². The van der Waals surface area contributed by atoms with Gasteiger partial charge in [-0.15, -0.1) is 0 Å². The Labute approximate surface area is 95.1 Å². The first kappa shape index (κ1) is 12.9. The quantitative estimate of drug-likeness (QED) is 0.257. The molecule has 7 heteroatoms. The van der Waals surface area contributed by atoms with Crippen LogP contribution in [0.15, 0.2) is 23.3 Å². The molecule has 0 radical (unpaired) electrons. The minimum absolute atomic E-state index is 0.0424. The van der Waals surface area contributed by atoms with Gasteiger partial charge in [0.25, 0.3) is 0 Å². The zero-order chi connectivity index (χ0) is 12.7. The van der Waals surface area contributed by atoms with Gasteiger partial charge in [-0.2, -0.15) is 13.2 Å². The molecular formula is C10H7F3N4. The van der Waals surface area contributed by atoms with Crippen LogP contribution >= 0.6 is 0 Å². The lowest BCUT2D eigenvalue weighted by molar-refractivity contribution is -0.141. The van der Waals surface area contributed by atoms with Crippen molar-refractivity contribution in [2.24, 2.45) is 5.11 Å². The van der Waals surface area contributed by atoms with Gasteiger partial charge in [0, 0.05) is 17.9 Å². The lowest BCUT2D eigenvalue weighted by Crippen LogP contribution is -2.08. The molecule has 0 N–H and O–H groups in total. The molecule has 1 aromatic rings. The van der Waals surface area contributed by atoms with Crippen LogP contribution in [0, 0.1) is 11.8 Å². The molecule has 0 aromatic carbocycles. The molecule has 0 aliphatic heterocycles. The molecule has 1 rings (SSSR count). The van der Waals surface area contributed by atoms with E-state index in [9.17, 15) is 13.2 Å². The van der Waals surface area contributed by atoms with Gasteiger partial charge in [0.1, 0.15) is 11.4 Å². The second-order valence-electron chi connectivity index (χ2n) is 2.91. The molecule has 0 saturated heterocycles. The van der Waals surface area contributed by atoms with Gasteiger partial charge in [0.2, 0.25) is 0 Å². The standard InChI is InChI=1S/C10H7F3N4/c11-10(12,13)9-6-3-5-8(16-9)4-1-2-7-15-17-14/h3,5-6H,2,7H2. The van der Waals surface area contributed by atoms with E-state index in [1.54, 1.807) is 0 Å². The Bertz CT molecular complexity index is 492. The average molecular weight is 240 g/mol. The highest BCUT2D eigenvalue weighted by Gasteiger charge is 2.32. The summed E-state index contributed by atoms with van der Waals surface area (Å²) in [5, 5.41) is 3.24. The third-order valence-electron chi connectivity index (χ3n) is 1.66. The lowest BCUT2D eigenvalue weighted by Gasteiger charge is -2.04. The number of nitrogens with zero attached hydrogens (tertiary/aromatic N) is 4. The predicted octanol–water partition coefficient (Wildman–Crippen LogP) is 3.15. The molecule has 17 heavy (non-hydrogen) atoms. The number of rotatable bonds is 2. The molecule has 0 aliphatic rings. The minimum Gasteiger partial charge on any atom is -0.235 e. The van der Waals surface area contributed by atoms with Crippen molar-refractivity contribution in [3.63, 3.8) is 0 Å². The topological polar surface area (TPSA) is 61.7 Å². The molecule has 1 aromatic heterocycles. The molecule has 0 atom stereocenters. The van der Waals surface area contributed by atoms with Crippen LogP contribution < -0.4 is 0 Å². The molecule has 88 valence electrons. The van der Waals surface area contributed by atoms with Crippen LogP contribution in [-0.2, 0) is 6.18 Å². The Hall–Kier alpha value is -2.19. The molecule has 0 aliphatic carbocycles. The molecular weight excluding hydrogens is 233 g/mol. The van der Waals surface area contributed by atoms with Crippen molar-refractivity contribution in [3.8, 4) is 11.8 Å². The van der Waals surface area contributed by atoms with Gasteiger partial charge in [-0.1, -0.05) is 17.1 Å². The second kappa shape index (κ2) is 5.77. The second-order valence-corrected chi connectivity index (χ2v) is 2.91. The predicted molar refractivity (Wildman–Crippen MR) is 54.7 cm³/mol. The summed E-state index contributed by atoms with van der Waals surface area (Å²) in [5.74, 6) is 5.04. The Morgan fingerprint density at radius 1 is 1.41 bits per heavy atom. The zero-order valence-electron chi connectivity index (χ0n) is 8.57. The van der Waals surface area contributed by atoms with Gasteiger partial charge < -0.3 is 0 Å². The summed E-state index contributed by atoms with van der Waals surface area (Å²) in [6.07, 6.45) is -4.19. The largest absolute Gasteiger partial charge is 0.433 e. The third-order valence-corrected chi connectivity index (χ3v) is 1.66. The van der Waals surface area contributed by atoms with Crippen molar-refractivity contribution >= 4 is 0 Å². The van der Waals surface area contributed by atoms with Gasteiger partial charge in [-0.3, -0.25) is 0 Å². The van der Waals surface area contributed by atoms with Crippen LogP contribution in [0.3, 0.4) is 0 Å². The summed E-state index contributed by atoms with van der Waals surface area (Å²) < 4.78 is 36.9. The first-order valence-corrected chi connectivity index (χ1v) is 4.58. The molecule has 1 heterocycles. The van der Waals surface area contributed by atoms with Gasteiger partial charge >= 0.3 is 6.18 Å². The Balaban J connectivity index is 2.75. The number of hydrogen-bond acceptors (Lipinski definition) is 2. The number of alkyl halides is 3. The van der Waals surface area contributed by atoms with E-state index in [4.69, 9.17) is 5.53 Å². The van der Waals surface area contributed by atoms with Gasteiger partial charge in [-0.05, 0) is 23.6 Å². The first-order valence-electron chi connectivity index (χ1n) is 4.58. The van der Waals surface area contributed by atoms with E-state index in [0.717, 1.165) is 6.07 Å². The fourth-order valence-corrected chi connectivity index (χ4v) is 0.966. The molecule has 0 spiro atoms. The van der Waals surface area contributed by atoms with Crippen molar-refractivity contribution < 1.29 is 13.2 Å². The maximum atomic E-state index is 12.3. The number of halogens is 3. The highest BCUT2D eigenvalue weighted by atomic mass is 19.4. The summed E-state index contributed by atoms with van der Waals surface area (Å²) in [7, 11) is 0. The number of pyridine rings is 1. The highest BCUT2D eigenvalue weighted by Crippen LogP contribution is 2.27. The smallest absolute Gasteiger partial charge is 0.235 e. The Morgan fingerprint density at radius 3 is 2.82 bits per heavy atom. The molecule has 0 saturated carbocycles. The van der Waals surface area contributed by atoms with E-state index >= 15 is 0 Å². The molecule has 0 unspecified atom stereocenters. The summed E-state index contributed by atoms with van der Waals surface area (Å²) in [6, 6.07) is 3.51. The van der Waals surface area contributed by atoms with E-state index in [1.165, 1.54) is 12.1 Å². The average Bonchev–Trinajstić information content (AvgIpc) is 2.28. The Kier molecular flexibility index (Phi) is 4.37. The number of hydrogen-bond donors (Lipinski definition) is 0.